The van der Waals surface area contributed by atoms with Crippen molar-refractivity contribution >= 4 is 11.6 Å². The van der Waals surface area contributed by atoms with E-state index in [-0.39, 0.29) is 18.6 Å². The van der Waals surface area contributed by atoms with Gasteiger partial charge in [-0.2, -0.15) is 5.10 Å². The monoisotopic (exact) mass is 254 g/mol. The smallest absolute Gasteiger partial charge is 0.274 e. The Labute approximate surface area is 107 Å². The average molecular weight is 254 g/mol. The number of aliphatic hydroxyl groups excluding tert-OH is 1. The molecule has 1 aromatic heterocycles. The van der Waals surface area contributed by atoms with Gasteiger partial charge in [0, 0.05) is 19.6 Å². The van der Waals surface area contributed by atoms with Crippen LogP contribution in [0.15, 0.2) is 0 Å². The summed E-state index contributed by atoms with van der Waals surface area (Å²) in [6.07, 6.45) is 0.689. The van der Waals surface area contributed by atoms with Crippen molar-refractivity contribution < 1.29 is 9.90 Å². The van der Waals surface area contributed by atoms with Crippen molar-refractivity contribution in [3.8, 4) is 0 Å². The Morgan fingerprint density at radius 3 is 2.56 bits per heavy atom. The summed E-state index contributed by atoms with van der Waals surface area (Å²) in [5.41, 5.74) is 7.52. The zero-order valence-corrected chi connectivity index (χ0v) is 11.5. The second-order valence-electron chi connectivity index (χ2n) is 4.50. The minimum absolute atomic E-state index is 0.00373. The number of nitrogens with zero attached hydrogens (tertiary/aromatic N) is 3. The molecule has 0 radical (unpaired) electrons. The number of carbonyl (C=O) groups excluding carboxylic acids is 1. The molecule has 1 aromatic rings. The van der Waals surface area contributed by atoms with Crippen molar-refractivity contribution in [2.75, 3.05) is 18.9 Å². The Morgan fingerprint density at radius 2 is 2.17 bits per heavy atom. The number of aromatic nitrogens is 2. The van der Waals surface area contributed by atoms with Gasteiger partial charge in [-0.15, -0.1) is 0 Å². The predicted octanol–water partition coefficient (Wildman–Crippen LogP) is 0.408. The molecule has 0 unspecified atom stereocenters. The minimum Gasteiger partial charge on any atom is -0.395 e. The van der Waals surface area contributed by atoms with Crippen LogP contribution in [0.2, 0.25) is 0 Å². The van der Waals surface area contributed by atoms with E-state index < -0.39 is 0 Å². The summed E-state index contributed by atoms with van der Waals surface area (Å²) in [6, 6.07) is 0.00373. The topological polar surface area (TPSA) is 84.4 Å². The lowest BCUT2D eigenvalue weighted by molar-refractivity contribution is 0.0655. The van der Waals surface area contributed by atoms with E-state index in [0.717, 1.165) is 5.69 Å². The summed E-state index contributed by atoms with van der Waals surface area (Å²) in [6.45, 7) is 5.98. The molecule has 0 fully saturated rings. The summed E-state index contributed by atoms with van der Waals surface area (Å²) < 4.78 is 1.52. The van der Waals surface area contributed by atoms with Crippen molar-refractivity contribution in [1.29, 1.82) is 0 Å². The highest BCUT2D eigenvalue weighted by Gasteiger charge is 2.25. The van der Waals surface area contributed by atoms with Gasteiger partial charge in [0.15, 0.2) is 0 Å². The molecule has 0 aromatic carbocycles. The molecule has 0 atom stereocenters. The van der Waals surface area contributed by atoms with Crippen molar-refractivity contribution in [2.24, 2.45) is 7.05 Å². The molecule has 1 rings (SSSR count). The van der Waals surface area contributed by atoms with Crippen LogP contribution in [0, 0.1) is 0 Å². The maximum absolute atomic E-state index is 12.4. The number of anilines is 1. The van der Waals surface area contributed by atoms with Crippen LogP contribution in [0.3, 0.4) is 0 Å². The third kappa shape index (κ3) is 2.64. The summed E-state index contributed by atoms with van der Waals surface area (Å²) in [7, 11) is 1.71. The Hall–Kier alpha value is -1.56. The molecule has 1 heterocycles. The van der Waals surface area contributed by atoms with Crippen molar-refractivity contribution in [1.82, 2.24) is 14.7 Å². The third-order valence-corrected chi connectivity index (χ3v) is 2.92. The van der Waals surface area contributed by atoms with E-state index in [1.165, 1.54) is 4.68 Å². The van der Waals surface area contributed by atoms with Gasteiger partial charge in [0.1, 0.15) is 5.69 Å². The SMILES string of the molecule is CCc1nn(C)c(C(=O)N(CCO)C(C)C)c1N. The fraction of sp³-hybridized carbons (Fsp3) is 0.667. The number of hydrogen-bond acceptors (Lipinski definition) is 4. The first-order valence-corrected chi connectivity index (χ1v) is 6.17. The Kier molecular flexibility index (Phi) is 4.72. The molecule has 3 N–H and O–H groups in total. The van der Waals surface area contributed by atoms with Gasteiger partial charge in [0.25, 0.3) is 5.91 Å². The summed E-state index contributed by atoms with van der Waals surface area (Å²) >= 11 is 0. The first-order chi connectivity index (χ1) is 8.43. The van der Waals surface area contributed by atoms with Crippen LogP contribution in [0.25, 0.3) is 0 Å². The maximum atomic E-state index is 12.4. The van der Waals surface area contributed by atoms with Crippen LogP contribution in [0.1, 0.15) is 37.0 Å². The zero-order chi connectivity index (χ0) is 13.9. The standard InChI is InChI=1S/C12H22N4O2/c1-5-9-10(13)11(15(4)14-9)12(18)16(6-7-17)8(2)3/h8,17H,5-7,13H2,1-4H3. The van der Waals surface area contributed by atoms with Crippen molar-refractivity contribution in [3.05, 3.63) is 11.4 Å². The second kappa shape index (κ2) is 5.86. The number of hydrogen-bond donors (Lipinski definition) is 2. The van der Waals surface area contributed by atoms with Gasteiger partial charge >= 0.3 is 0 Å². The third-order valence-electron chi connectivity index (χ3n) is 2.92. The molecular weight excluding hydrogens is 232 g/mol. The number of rotatable bonds is 5. The number of amides is 1. The largest absolute Gasteiger partial charge is 0.395 e. The molecule has 0 bridgehead atoms. The number of nitrogens with two attached hydrogens (primary N) is 1. The van der Waals surface area contributed by atoms with E-state index in [1.54, 1.807) is 11.9 Å². The molecule has 0 aliphatic rings. The zero-order valence-electron chi connectivity index (χ0n) is 11.5. The van der Waals surface area contributed by atoms with Gasteiger partial charge in [-0.25, -0.2) is 0 Å². The Bertz CT molecular complexity index is 426. The summed E-state index contributed by atoms with van der Waals surface area (Å²) in [4.78, 5) is 14.0. The molecule has 0 spiro atoms. The van der Waals surface area contributed by atoms with Crippen molar-refractivity contribution in [2.45, 2.75) is 33.2 Å². The lowest BCUT2D eigenvalue weighted by Crippen LogP contribution is -2.40. The minimum atomic E-state index is -0.189. The van der Waals surface area contributed by atoms with Gasteiger partial charge in [-0.05, 0) is 20.3 Å². The van der Waals surface area contributed by atoms with Gasteiger partial charge < -0.3 is 15.7 Å². The van der Waals surface area contributed by atoms with E-state index in [1.807, 2.05) is 20.8 Å². The van der Waals surface area contributed by atoms with Crippen LogP contribution in [-0.2, 0) is 13.5 Å². The normalized spacial score (nSPS) is 11.0. The fourth-order valence-corrected chi connectivity index (χ4v) is 1.95. The van der Waals surface area contributed by atoms with Crippen LogP contribution >= 0.6 is 0 Å². The van der Waals surface area contributed by atoms with Gasteiger partial charge in [-0.3, -0.25) is 9.48 Å². The molecule has 18 heavy (non-hydrogen) atoms. The molecule has 6 nitrogen and oxygen atoms in total. The van der Waals surface area contributed by atoms with E-state index in [9.17, 15) is 4.79 Å². The first-order valence-electron chi connectivity index (χ1n) is 6.17. The molecule has 6 heteroatoms. The Balaban J connectivity index is 3.12. The van der Waals surface area contributed by atoms with Crippen LogP contribution in [0.4, 0.5) is 5.69 Å². The lowest BCUT2D eigenvalue weighted by atomic mass is 10.2. The van der Waals surface area contributed by atoms with Crippen molar-refractivity contribution in [3.63, 3.8) is 0 Å². The van der Waals surface area contributed by atoms with Crippen LogP contribution < -0.4 is 5.73 Å². The quantitative estimate of drug-likeness (QED) is 0.797. The highest BCUT2D eigenvalue weighted by molar-refractivity contribution is 5.98. The number of aryl methyl sites for hydroxylation is 2. The van der Waals surface area contributed by atoms with Crippen LogP contribution in [0.5, 0.6) is 0 Å². The van der Waals surface area contributed by atoms with Gasteiger partial charge in [0.2, 0.25) is 0 Å². The average Bonchev–Trinajstić information content (AvgIpc) is 2.60. The highest BCUT2D eigenvalue weighted by Crippen LogP contribution is 2.19. The van der Waals surface area contributed by atoms with Gasteiger partial charge in [0.05, 0.1) is 18.0 Å². The van der Waals surface area contributed by atoms with E-state index in [0.29, 0.717) is 24.3 Å². The highest BCUT2D eigenvalue weighted by atomic mass is 16.3. The number of nitrogen functional groups attached to an aromatic ring is 1. The van der Waals surface area contributed by atoms with Crippen LogP contribution in [-0.4, -0.2) is 44.9 Å². The van der Waals surface area contributed by atoms with E-state index in [4.69, 9.17) is 10.8 Å². The Morgan fingerprint density at radius 1 is 1.56 bits per heavy atom. The van der Waals surface area contributed by atoms with E-state index >= 15 is 0 Å². The van der Waals surface area contributed by atoms with Gasteiger partial charge in [-0.1, -0.05) is 6.92 Å². The number of carbonyl (C=O) groups is 1. The molecule has 0 saturated heterocycles. The first kappa shape index (κ1) is 14.5. The van der Waals surface area contributed by atoms with E-state index in [2.05, 4.69) is 5.10 Å². The molecule has 0 saturated carbocycles. The fourth-order valence-electron chi connectivity index (χ4n) is 1.95. The molecule has 1 amide bonds. The lowest BCUT2D eigenvalue weighted by Gasteiger charge is -2.26. The molecule has 0 aliphatic heterocycles. The summed E-state index contributed by atoms with van der Waals surface area (Å²) in [5.74, 6) is -0.189. The second-order valence-corrected chi connectivity index (χ2v) is 4.50. The molecule has 102 valence electrons. The maximum Gasteiger partial charge on any atom is 0.274 e. The number of aliphatic hydroxyl groups is 1. The molecule has 0 aliphatic carbocycles. The molecular formula is C12H22N4O2. The summed E-state index contributed by atoms with van der Waals surface area (Å²) in [5, 5.41) is 13.3. The predicted molar refractivity (Wildman–Crippen MR) is 70.3 cm³/mol.